The van der Waals surface area contributed by atoms with Crippen LogP contribution in [-0.2, 0) is 16.2 Å². The Balaban J connectivity index is 2.14. The van der Waals surface area contributed by atoms with Crippen LogP contribution in [0.3, 0.4) is 0 Å². The summed E-state index contributed by atoms with van der Waals surface area (Å²) < 4.78 is 0. The first kappa shape index (κ1) is 13.4. The molecule has 1 aromatic carbocycles. The summed E-state index contributed by atoms with van der Waals surface area (Å²) in [5.74, 6) is -0.326. The van der Waals surface area contributed by atoms with E-state index in [1.165, 1.54) is 12.2 Å². The van der Waals surface area contributed by atoms with Crippen LogP contribution in [0.2, 0.25) is 0 Å². The van der Waals surface area contributed by atoms with Crippen LogP contribution in [0.25, 0.3) is 0 Å². The molecule has 1 aromatic rings. The number of β-lactam (4-membered cyclic amide) rings is 1. The molecule has 0 radical (unpaired) electrons. The molecule has 0 bridgehead atoms. The molecule has 2 rings (SSSR count). The molecule has 1 saturated heterocycles. The zero-order chi connectivity index (χ0) is 14.0. The molecule has 0 aromatic heterocycles. The quantitative estimate of drug-likeness (QED) is 0.833. The Morgan fingerprint density at radius 1 is 1.42 bits per heavy atom. The summed E-state index contributed by atoms with van der Waals surface area (Å²) in [6, 6.07) is 8.23. The Morgan fingerprint density at radius 3 is 2.53 bits per heavy atom. The fourth-order valence-electron chi connectivity index (χ4n) is 2.30. The van der Waals surface area contributed by atoms with Crippen LogP contribution in [0.15, 0.2) is 30.3 Å². The van der Waals surface area contributed by atoms with Crippen LogP contribution in [0.5, 0.6) is 0 Å². The Labute approximate surface area is 111 Å². The number of carbonyl (C=O) groups is 2. The summed E-state index contributed by atoms with van der Waals surface area (Å²) in [5, 5.41) is 10.5. The average molecular weight is 264 g/mol. The van der Waals surface area contributed by atoms with Gasteiger partial charge in [-0.05, 0) is 12.5 Å². The number of rotatable bonds is 4. The summed E-state index contributed by atoms with van der Waals surface area (Å²) >= 11 is 0. The van der Waals surface area contributed by atoms with Gasteiger partial charge >= 0.3 is 6.09 Å². The zero-order valence-electron chi connectivity index (χ0n) is 10.8. The summed E-state index contributed by atoms with van der Waals surface area (Å²) in [6.45, 7) is 1.95. The average Bonchev–Trinajstić information content (AvgIpc) is 2.39. The van der Waals surface area contributed by atoms with Gasteiger partial charge < -0.3 is 5.11 Å². The molecule has 1 fully saturated rings. The first-order valence-electron chi connectivity index (χ1n) is 5.97. The Bertz CT molecular complexity index is 477. The third-order valence-electron chi connectivity index (χ3n) is 3.27. The number of hydroxylamine groups is 2. The van der Waals surface area contributed by atoms with Crippen molar-refractivity contribution in [3.8, 4) is 0 Å². The van der Waals surface area contributed by atoms with E-state index in [4.69, 9.17) is 4.84 Å². The fraction of sp³-hybridized carbons (Fsp3) is 0.385. The van der Waals surface area contributed by atoms with Gasteiger partial charge in [0.05, 0.1) is 13.2 Å². The lowest BCUT2D eigenvalue weighted by molar-refractivity contribution is -0.229. The maximum atomic E-state index is 11.8. The van der Waals surface area contributed by atoms with Crippen molar-refractivity contribution in [2.75, 3.05) is 7.11 Å². The van der Waals surface area contributed by atoms with Crippen molar-refractivity contribution in [2.24, 2.45) is 0 Å². The van der Waals surface area contributed by atoms with Gasteiger partial charge in [-0.15, -0.1) is 0 Å². The van der Waals surface area contributed by atoms with Crippen molar-refractivity contribution in [1.82, 2.24) is 9.96 Å². The Kier molecular flexibility index (Phi) is 3.71. The molecule has 1 aliphatic rings. The van der Waals surface area contributed by atoms with E-state index in [2.05, 4.69) is 0 Å². The van der Waals surface area contributed by atoms with Gasteiger partial charge in [-0.3, -0.25) is 14.5 Å². The molecule has 0 unspecified atom stereocenters. The number of amides is 2. The van der Waals surface area contributed by atoms with Crippen molar-refractivity contribution in [3.05, 3.63) is 35.9 Å². The van der Waals surface area contributed by atoms with E-state index in [-0.39, 0.29) is 18.5 Å². The van der Waals surface area contributed by atoms with Crippen molar-refractivity contribution in [3.63, 3.8) is 0 Å². The third kappa shape index (κ3) is 2.39. The van der Waals surface area contributed by atoms with Gasteiger partial charge in [-0.1, -0.05) is 30.3 Å². The maximum Gasteiger partial charge on any atom is 0.408 e. The summed E-state index contributed by atoms with van der Waals surface area (Å²) in [5.41, 5.74) is 0.848. The van der Waals surface area contributed by atoms with Crippen LogP contribution in [-0.4, -0.2) is 46.3 Å². The van der Waals surface area contributed by atoms with Crippen molar-refractivity contribution >= 4 is 12.0 Å². The van der Waals surface area contributed by atoms with Crippen LogP contribution >= 0.6 is 0 Å². The largest absolute Gasteiger partial charge is 0.465 e. The van der Waals surface area contributed by atoms with Gasteiger partial charge in [0.2, 0.25) is 0 Å². The van der Waals surface area contributed by atoms with Gasteiger partial charge in [0.25, 0.3) is 5.91 Å². The maximum absolute atomic E-state index is 11.8. The van der Waals surface area contributed by atoms with Crippen molar-refractivity contribution < 1.29 is 19.5 Å². The van der Waals surface area contributed by atoms with Gasteiger partial charge in [0, 0.05) is 6.54 Å². The predicted molar refractivity (Wildman–Crippen MR) is 67.1 cm³/mol. The second kappa shape index (κ2) is 5.27. The number of hydrogen-bond acceptors (Lipinski definition) is 3. The van der Waals surface area contributed by atoms with Crippen molar-refractivity contribution in [2.45, 2.75) is 25.6 Å². The standard InChI is InChI=1S/C13H16N2O4/c1-9-11(12(16)15(9)19-2)14(13(17)18)8-10-6-4-3-5-7-10/h3-7,9,11H,8H2,1-2H3,(H,17,18)/t9-,11+/m0/s1. The second-order valence-electron chi connectivity index (χ2n) is 4.43. The predicted octanol–water partition coefficient (Wildman–Crippen LogP) is 1.33. The molecule has 6 heteroatoms. The van der Waals surface area contributed by atoms with E-state index in [1.54, 1.807) is 6.92 Å². The monoisotopic (exact) mass is 264 g/mol. The lowest BCUT2D eigenvalue weighted by Gasteiger charge is -2.46. The van der Waals surface area contributed by atoms with Gasteiger partial charge in [-0.25, -0.2) is 9.86 Å². The highest BCUT2D eigenvalue weighted by Gasteiger charge is 2.50. The third-order valence-corrected chi connectivity index (χ3v) is 3.27. The van der Waals surface area contributed by atoms with Crippen molar-refractivity contribution in [1.29, 1.82) is 0 Å². The SMILES string of the molecule is CON1C(=O)[C@H](N(Cc2ccccc2)C(=O)O)[C@@H]1C. The van der Waals surface area contributed by atoms with E-state index in [1.807, 2.05) is 30.3 Å². The van der Waals surface area contributed by atoms with Crippen LogP contribution < -0.4 is 0 Å². The van der Waals surface area contributed by atoms with Crippen LogP contribution in [0, 0.1) is 0 Å². The minimum Gasteiger partial charge on any atom is -0.465 e. The molecule has 0 spiro atoms. The molecule has 19 heavy (non-hydrogen) atoms. The van der Waals surface area contributed by atoms with Gasteiger partial charge in [0.15, 0.2) is 0 Å². The topological polar surface area (TPSA) is 70.1 Å². The van der Waals surface area contributed by atoms with Gasteiger partial charge in [0.1, 0.15) is 6.04 Å². The number of nitrogens with zero attached hydrogens (tertiary/aromatic N) is 2. The molecule has 1 N–H and O–H groups in total. The van der Waals surface area contributed by atoms with Crippen LogP contribution in [0.4, 0.5) is 4.79 Å². The first-order valence-corrected chi connectivity index (χ1v) is 5.97. The highest BCUT2D eigenvalue weighted by molar-refractivity contribution is 5.91. The molecule has 6 nitrogen and oxygen atoms in total. The molecule has 1 aliphatic heterocycles. The lowest BCUT2D eigenvalue weighted by atomic mass is 9.98. The molecule has 102 valence electrons. The number of carboxylic acid groups (broad SMARTS) is 1. The molecule has 2 atom stereocenters. The van der Waals surface area contributed by atoms with E-state index in [0.29, 0.717) is 0 Å². The lowest BCUT2D eigenvalue weighted by Crippen LogP contribution is -2.69. The smallest absolute Gasteiger partial charge is 0.408 e. The normalized spacial score (nSPS) is 22.0. The van der Waals surface area contributed by atoms with E-state index in [0.717, 1.165) is 10.5 Å². The molecule has 0 saturated carbocycles. The summed E-state index contributed by atoms with van der Waals surface area (Å²) in [7, 11) is 1.40. The highest BCUT2D eigenvalue weighted by Crippen LogP contribution is 2.26. The minimum atomic E-state index is -1.11. The summed E-state index contributed by atoms with van der Waals surface area (Å²) in [4.78, 5) is 29.2. The zero-order valence-corrected chi connectivity index (χ0v) is 10.8. The van der Waals surface area contributed by atoms with E-state index < -0.39 is 12.1 Å². The molecule has 2 amide bonds. The van der Waals surface area contributed by atoms with Gasteiger partial charge in [-0.2, -0.15) is 0 Å². The van der Waals surface area contributed by atoms with E-state index >= 15 is 0 Å². The Hall–Kier alpha value is -2.08. The fourth-order valence-corrected chi connectivity index (χ4v) is 2.30. The second-order valence-corrected chi connectivity index (χ2v) is 4.43. The summed E-state index contributed by atoms with van der Waals surface area (Å²) in [6.07, 6.45) is -1.11. The first-order chi connectivity index (χ1) is 9.06. The number of benzene rings is 1. The van der Waals surface area contributed by atoms with Crippen LogP contribution in [0.1, 0.15) is 12.5 Å². The minimum absolute atomic E-state index is 0.189. The highest BCUT2D eigenvalue weighted by atomic mass is 16.7. The van der Waals surface area contributed by atoms with E-state index in [9.17, 15) is 14.7 Å². The molecule has 0 aliphatic carbocycles. The molecular weight excluding hydrogens is 248 g/mol. The molecule has 1 heterocycles. The molecular formula is C13H16N2O4. The Morgan fingerprint density at radius 2 is 2.05 bits per heavy atom. The number of carbonyl (C=O) groups excluding carboxylic acids is 1. The number of hydrogen-bond donors (Lipinski definition) is 1.